The summed E-state index contributed by atoms with van der Waals surface area (Å²) in [6.45, 7) is 2.54. The maximum absolute atomic E-state index is 15.2. The summed E-state index contributed by atoms with van der Waals surface area (Å²) in [6.07, 6.45) is 2.57. The van der Waals surface area contributed by atoms with Crippen LogP contribution in [0, 0.1) is 11.7 Å². The van der Waals surface area contributed by atoms with Gasteiger partial charge in [0.1, 0.15) is 11.6 Å². The third-order valence-corrected chi connectivity index (χ3v) is 6.22. The number of rotatable bonds is 5. The second-order valence-electron chi connectivity index (χ2n) is 8.69. The summed E-state index contributed by atoms with van der Waals surface area (Å²) in [6, 6.07) is 11.8. The van der Waals surface area contributed by atoms with Crippen LogP contribution in [-0.4, -0.2) is 44.6 Å². The number of aromatic nitrogens is 3. The predicted octanol–water partition coefficient (Wildman–Crippen LogP) is 3.05. The molecule has 9 heteroatoms. The molecule has 0 bridgehead atoms. The standard InChI is InChI=1S/C24H24FN5O3/c1-14(31)26-19-7-4-15(5-8-19)17-6-9-21(20(25)12-17)30-22(27-28-24(30)33)18-10-11-29(13-18)23(32)16-2-3-16/h4-9,12,16,18H,2-3,10-11,13H2,1H3,(H,26,31)(H,28,33). The lowest BCUT2D eigenvalue weighted by Crippen LogP contribution is -2.30. The number of aromatic amines is 1. The summed E-state index contributed by atoms with van der Waals surface area (Å²) in [4.78, 5) is 37.9. The number of hydrogen-bond donors (Lipinski definition) is 2. The Hall–Kier alpha value is -3.75. The van der Waals surface area contributed by atoms with E-state index in [1.165, 1.54) is 17.6 Å². The minimum Gasteiger partial charge on any atom is -0.342 e. The third kappa shape index (κ3) is 4.18. The minimum atomic E-state index is -0.549. The first kappa shape index (κ1) is 21.1. The van der Waals surface area contributed by atoms with Crippen molar-refractivity contribution in [2.75, 3.05) is 18.4 Å². The number of nitrogens with zero attached hydrogens (tertiary/aromatic N) is 3. The van der Waals surface area contributed by atoms with Crippen molar-refractivity contribution in [3.05, 3.63) is 64.6 Å². The zero-order chi connectivity index (χ0) is 23.1. The zero-order valence-electron chi connectivity index (χ0n) is 18.2. The topological polar surface area (TPSA) is 100 Å². The van der Waals surface area contributed by atoms with E-state index in [9.17, 15) is 14.4 Å². The van der Waals surface area contributed by atoms with Crippen molar-refractivity contribution in [1.29, 1.82) is 0 Å². The molecule has 2 N–H and O–H groups in total. The number of carbonyl (C=O) groups excluding carboxylic acids is 2. The van der Waals surface area contributed by atoms with Crippen LogP contribution in [0.2, 0.25) is 0 Å². The zero-order valence-corrected chi connectivity index (χ0v) is 18.2. The highest BCUT2D eigenvalue weighted by molar-refractivity contribution is 5.89. The van der Waals surface area contributed by atoms with Crippen molar-refractivity contribution in [2.45, 2.75) is 32.1 Å². The van der Waals surface area contributed by atoms with Gasteiger partial charge in [-0.3, -0.25) is 9.59 Å². The Bertz CT molecular complexity index is 1280. The molecule has 2 aliphatic rings. The van der Waals surface area contributed by atoms with Crippen LogP contribution < -0.4 is 11.0 Å². The molecular formula is C24H24FN5O3. The fourth-order valence-corrected chi connectivity index (χ4v) is 4.39. The molecule has 170 valence electrons. The average molecular weight is 449 g/mol. The van der Waals surface area contributed by atoms with E-state index in [-0.39, 0.29) is 29.3 Å². The van der Waals surface area contributed by atoms with Crippen molar-refractivity contribution in [3.63, 3.8) is 0 Å². The van der Waals surface area contributed by atoms with Gasteiger partial charge in [0.2, 0.25) is 11.8 Å². The van der Waals surface area contributed by atoms with Gasteiger partial charge >= 0.3 is 5.69 Å². The molecular weight excluding hydrogens is 425 g/mol. The number of amides is 2. The van der Waals surface area contributed by atoms with Crippen molar-refractivity contribution in [2.24, 2.45) is 5.92 Å². The molecule has 1 atom stereocenters. The van der Waals surface area contributed by atoms with E-state index in [0.717, 1.165) is 18.4 Å². The van der Waals surface area contributed by atoms with Crippen molar-refractivity contribution >= 4 is 17.5 Å². The number of H-pyrrole nitrogens is 1. The van der Waals surface area contributed by atoms with Crippen molar-refractivity contribution < 1.29 is 14.0 Å². The number of likely N-dealkylation sites (tertiary alicyclic amines) is 1. The van der Waals surface area contributed by atoms with E-state index in [4.69, 9.17) is 0 Å². The first-order valence-electron chi connectivity index (χ1n) is 11.0. The molecule has 33 heavy (non-hydrogen) atoms. The van der Waals surface area contributed by atoms with Crippen LogP contribution in [0.5, 0.6) is 0 Å². The lowest BCUT2D eigenvalue weighted by Gasteiger charge is -2.16. The third-order valence-electron chi connectivity index (χ3n) is 6.22. The largest absolute Gasteiger partial charge is 0.348 e. The summed E-state index contributed by atoms with van der Waals surface area (Å²) < 4.78 is 16.5. The summed E-state index contributed by atoms with van der Waals surface area (Å²) in [5, 5.41) is 9.30. The van der Waals surface area contributed by atoms with Crippen LogP contribution in [0.3, 0.4) is 0 Å². The normalized spacial score (nSPS) is 17.9. The number of halogens is 1. The van der Waals surface area contributed by atoms with E-state index >= 15 is 4.39 Å². The summed E-state index contributed by atoms with van der Waals surface area (Å²) >= 11 is 0. The van der Waals surface area contributed by atoms with Gasteiger partial charge in [0.15, 0.2) is 0 Å². The maximum Gasteiger partial charge on any atom is 0.348 e. The molecule has 1 aliphatic heterocycles. The monoisotopic (exact) mass is 449 g/mol. The molecule has 1 saturated carbocycles. The SMILES string of the molecule is CC(=O)Nc1ccc(-c2ccc(-n3c(C4CCN(C(=O)C5CC5)C4)n[nH]c3=O)c(F)c2)cc1. The Balaban J connectivity index is 1.40. The number of benzene rings is 2. The lowest BCUT2D eigenvalue weighted by molar-refractivity contribution is -0.131. The number of hydrogen-bond acceptors (Lipinski definition) is 4. The van der Waals surface area contributed by atoms with Gasteiger partial charge in [-0.2, -0.15) is 5.10 Å². The Kier molecular flexibility index (Phi) is 5.32. The molecule has 1 saturated heterocycles. The Labute approximate surface area is 189 Å². The molecule has 2 fully saturated rings. The molecule has 1 aromatic heterocycles. The number of nitrogens with one attached hydrogen (secondary N) is 2. The highest BCUT2D eigenvalue weighted by Gasteiger charge is 2.38. The minimum absolute atomic E-state index is 0.120. The van der Waals surface area contributed by atoms with E-state index in [0.29, 0.717) is 36.6 Å². The van der Waals surface area contributed by atoms with Crippen molar-refractivity contribution in [1.82, 2.24) is 19.7 Å². The molecule has 0 spiro atoms. The van der Waals surface area contributed by atoms with Gasteiger partial charge in [-0.05, 0) is 54.7 Å². The molecule has 1 aliphatic carbocycles. The van der Waals surface area contributed by atoms with Gasteiger partial charge in [-0.15, -0.1) is 0 Å². The van der Waals surface area contributed by atoms with Gasteiger partial charge in [-0.25, -0.2) is 18.9 Å². The van der Waals surface area contributed by atoms with Gasteiger partial charge < -0.3 is 10.2 Å². The van der Waals surface area contributed by atoms with Crippen LogP contribution in [0.25, 0.3) is 16.8 Å². The Morgan fingerprint density at radius 1 is 1.09 bits per heavy atom. The quantitative estimate of drug-likeness (QED) is 0.625. The van der Waals surface area contributed by atoms with Gasteiger partial charge in [0, 0.05) is 37.5 Å². The van der Waals surface area contributed by atoms with Crippen LogP contribution >= 0.6 is 0 Å². The van der Waals surface area contributed by atoms with Crippen LogP contribution in [0.15, 0.2) is 47.3 Å². The summed E-state index contributed by atoms with van der Waals surface area (Å²) in [7, 11) is 0. The molecule has 2 amide bonds. The number of carbonyl (C=O) groups is 2. The lowest BCUT2D eigenvalue weighted by atomic mass is 10.0. The molecule has 1 unspecified atom stereocenters. The highest BCUT2D eigenvalue weighted by Crippen LogP contribution is 2.35. The van der Waals surface area contributed by atoms with Gasteiger partial charge in [-0.1, -0.05) is 18.2 Å². The maximum atomic E-state index is 15.2. The second-order valence-corrected chi connectivity index (χ2v) is 8.69. The van der Waals surface area contributed by atoms with Gasteiger partial charge in [0.05, 0.1) is 5.69 Å². The Morgan fingerprint density at radius 2 is 1.82 bits per heavy atom. The predicted molar refractivity (Wildman–Crippen MR) is 121 cm³/mol. The molecule has 0 radical (unpaired) electrons. The van der Waals surface area contributed by atoms with E-state index < -0.39 is 11.5 Å². The number of anilines is 1. The van der Waals surface area contributed by atoms with Crippen molar-refractivity contribution in [3.8, 4) is 16.8 Å². The first-order valence-corrected chi connectivity index (χ1v) is 11.0. The highest BCUT2D eigenvalue weighted by atomic mass is 19.1. The second kappa shape index (κ2) is 8.31. The van der Waals surface area contributed by atoms with E-state index in [1.54, 1.807) is 36.4 Å². The molecule has 8 nitrogen and oxygen atoms in total. The fraction of sp³-hybridized carbons (Fsp3) is 0.333. The van der Waals surface area contributed by atoms with E-state index in [1.807, 2.05) is 4.90 Å². The van der Waals surface area contributed by atoms with Crippen LogP contribution in [0.1, 0.15) is 37.9 Å². The summed E-state index contributed by atoms with van der Waals surface area (Å²) in [5.74, 6) is -0.0947. The summed E-state index contributed by atoms with van der Waals surface area (Å²) in [5.41, 5.74) is 1.69. The first-order chi connectivity index (χ1) is 15.9. The molecule has 5 rings (SSSR count). The van der Waals surface area contributed by atoms with Crippen LogP contribution in [0.4, 0.5) is 10.1 Å². The molecule has 2 heterocycles. The van der Waals surface area contributed by atoms with Gasteiger partial charge in [0.25, 0.3) is 0 Å². The molecule has 2 aromatic carbocycles. The average Bonchev–Trinajstić information content (AvgIpc) is 3.41. The molecule has 3 aromatic rings. The smallest absolute Gasteiger partial charge is 0.342 e. The Morgan fingerprint density at radius 3 is 2.48 bits per heavy atom. The fourth-order valence-electron chi connectivity index (χ4n) is 4.39. The van der Waals surface area contributed by atoms with Crippen LogP contribution in [-0.2, 0) is 9.59 Å². The van der Waals surface area contributed by atoms with E-state index in [2.05, 4.69) is 15.5 Å².